The molecule has 4 aromatic carbocycles. The van der Waals surface area contributed by atoms with Gasteiger partial charge in [0.25, 0.3) is 5.91 Å². The largest absolute Gasteiger partial charge is 0.497 e. The molecule has 7 rings (SSSR count). The summed E-state index contributed by atoms with van der Waals surface area (Å²) in [6.07, 6.45) is 1.30. The molecular formula is C37H34N4O4. The number of aromatic amines is 1. The van der Waals surface area contributed by atoms with Crippen LogP contribution in [0.2, 0.25) is 0 Å². The standard InChI is InChI=1S/C37H34N4O4/c1-45-25-17-15-23(16-18-25)19-20-38-35(42)31(21-24-9-3-2-4-10-24)40-36(43)32-22-29-26-11-7-8-14-30(26)39-33(29)34-27-12-5-6-13-28(27)37(44)41(32)34/h2-18,31-32,34,39H,19-22H2,1H3,(H,38,42)(H,40,43)/t31-,32-,34+/m0/s1. The van der Waals surface area contributed by atoms with Gasteiger partial charge in [0, 0.05) is 41.5 Å². The van der Waals surface area contributed by atoms with E-state index in [0.717, 1.165) is 44.6 Å². The van der Waals surface area contributed by atoms with Crippen LogP contribution >= 0.6 is 0 Å². The monoisotopic (exact) mass is 598 g/mol. The number of aromatic nitrogens is 1. The van der Waals surface area contributed by atoms with E-state index in [1.807, 2.05) is 103 Å². The topological polar surface area (TPSA) is 104 Å². The van der Waals surface area contributed by atoms with E-state index < -0.39 is 18.1 Å². The van der Waals surface area contributed by atoms with E-state index in [1.165, 1.54) is 0 Å². The summed E-state index contributed by atoms with van der Waals surface area (Å²) in [5, 5.41) is 7.12. The van der Waals surface area contributed by atoms with Gasteiger partial charge >= 0.3 is 0 Å². The Kier molecular flexibility index (Phi) is 7.55. The molecule has 0 spiro atoms. The van der Waals surface area contributed by atoms with Crippen molar-refractivity contribution in [3.8, 4) is 5.75 Å². The highest BCUT2D eigenvalue weighted by atomic mass is 16.5. The minimum Gasteiger partial charge on any atom is -0.497 e. The number of methoxy groups -OCH3 is 1. The van der Waals surface area contributed by atoms with E-state index in [0.29, 0.717) is 31.4 Å². The zero-order valence-corrected chi connectivity index (χ0v) is 25.0. The Morgan fingerprint density at radius 1 is 0.911 bits per heavy atom. The third-order valence-corrected chi connectivity index (χ3v) is 8.94. The first-order valence-electron chi connectivity index (χ1n) is 15.3. The number of nitrogens with one attached hydrogen (secondary N) is 3. The molecular weight excluding hydrogens is 564 g/mol. The third kappa shape index (κ3) is 5.33. The third-order valence-electron chi connectivity index (χ3n) is 8.94. The molecule has 0 saturated heterocycles. The molecule has 5 aromatic rings. The molecule has 0 aliphatic carbocycles. The first-order valence-corrected chi connectivity index (χ1v) is 15.3. The molecule has 2 aliphatic heterocycles. The predicted octanol–water partition coefficient (Wildman–Crippen LogP) is 4.73. The van der Waals surface area contributed by atoms with Crippen molar-refractivity contribution in [2.24, 2.45) is 0 Å². The number of carbonyl (C=O) groups is 3. The maximum atomic E-state index is 14.3. The van der Waals surface area contributed by atoms with Crippen molar-refractivity contribution >= 4 is 28.6 Å². The van der Waals surface area contributed by atoms with Gasteiger partial charge in [-0.25, -0.2) is 0 Å². The van der Waals surface area contributed by atoms with E-state index >= 15 is 0 Å². The minimum atomic E-state index is -0.821. The summed E-state index contributed by atoms with van der Waals surface area (Å²) in [5.41, 5.74) is 6.41. The zero-order valence-electron chi connectivity index (χ0n) is 25.0. The molecule has 0 radical (unpaired) electrons. The summed E-state index contributed by atoms with van der Waals surface area (Å²) >= 11 is 0. The van der Waals surface area contributed by atoms with Crippen molar-refractivity contribution in [2.45, 2.75) is 37.4 Å². The lowest BCUT2D eigenvalue weighted by atomic mass is 9.89. The first-order chi connectivity index (χ1) is 22.0. The maximum absolute atomic E-state index is 14.3. The summed E-state index contributed by atoms with van der Waals surface area (Å²) < 4.78 is 5.24. The average Bonchev–Trinajstić information content (AvgIpc) is 3.60. The highest BCUT2D eigenvalue weighted by molar-refractivity contribution is 6.04. The minimum absolute atomic E-state index is 0.177. The molecule has 0 fully saturated rings. The average molecular weight is 599 g/mol. The molecule has 2 aliphatic rings. The lowest BCUT2D eigenvalue weighted by Gasteiger charge is -2.37. The molecule has 3 N–H and O–H groups in total. The second-order valence-electron chi connectivity index (χ2n) is 11.6. The Labute approximate surface area is 261 Å². The van der Waals surface area contributed by atoms with Crippen LogP contribution in [0.3, 0.4) is 0 Å². The molecule has 3 atom stereocenters. The van der Waals surface area contributed by atoms with Crippen LogP contribution in [0.25, 0.3) is 10.9 Å². The number of para-hydroxylation sites is 1. The van der Waals surface area contributed by atoms with Crippen molar-refractivity contribution in [2.75, 3.05) is 13.7 Å². The Morgan fingerprint density at radius 3 is 2.44 bits per heavy atom. The smallest absolute Gasteiger partial charge is 0.255 e. The second kappa shape index (κ2) is 12.0. The Balaban J connectivity index is 1.16. The summed E-state index contributed by atoms with van der Waals surface area (Å²) in [5.74, 6) is -0.0125. The van der Waals surface area contributed by atoms with Gasteiger partial charge in [-0.3, -0.25) is 14.4 Å². The van der Waals surface area contributed by atoms with Gasteiger partial charge in [-0.2, -0.15) is 0 Å². The first kappa shape index (κ1) is 28.4. The normalized spacial score (nSPS) is 17.3. The number of H-pyrrole nitrogens is 1. The van der Waals surface area contributed by atoms with Gasteiger partial charge in [0.05, 0.1) is 13.2 Å². The fourth-order valence-corrected chi connectivity index (χ4v) is 6.71. The molecule has 0 bridgehead atoms. The number of carbonyl (C=O) groups excluding carboxylic acids is 3. The molecule has 226 valence electrons. The number of benzene rings is 4. The van der Waals surface area contributed by atoms with Crippen LogP contribution < -0.4 is 15.4 Å². The number of hydrogen-bond donors (Lipinski definition) is 3. The van der Waals surface area contributed by atoms with Crippen LogP contribution in [0.5, 0.6) is 5.75 Å². The number of amides is 3. The summed E-state index contributed by atoms with van der Waals surface area (Å²) in [7, 11) is 1.63. The van der Waals surface area contributed by atoms with Crippen molar-refractivity contribution in [1.29, 1.82) is 0 Å². The number of hydrogen-bond acceptors (Lipinski definition) is 4. The van der Waals surface area contributed by atoms with Crippen LogP contribution in [0, 0.1) is 0 Å². The molecule has 3 heterocycles. The molecule has 0 saturated carbocycles. The van der Waals surface area contributed by atoms with Crippen LogP contribution in [0.15, 0.2) is 103 Å². The molecule has 45 heavy (non-hydrogen) atoms. The van der Waals surface area contributed by atoms with Crippen LogP contribution in [0.4, 0.5) is 0 Å². The summed E-state index contributed by atoms with van der Waals surface area (Å²) in [4.78, 5) is 47.0. The Morgan fingerprint density at radius 2 is 1.64 bits per heavy atom. The highest BCUT2D eigenvalue weighted by Gasteiger charge is 2.49. The van der Waals surface area contributed by atoms with Crippen LogP contribution in [-0.2, 0) is 28.9 Å². The highest BCUT2D eigenvalue weighted by Crippen LogP contribution is 2.46. The molecule has 0 unspecified atom stereocenters. The van der Waals surface area contributed by atoms with Gasteiger partial charge in [0.1, 0.15) is 17.8 Å². The molecule has 8 heteroatoms. The van der Waals surface area contributed by atoms with E-state index in [-0.39, 0.29) is 17.7 Å². The molecule has 1 aromatic heterocycles. The van der Waals surface area contributed by atoms with E-state index in [9.17, 15) is 14.4 Å². The quantitative estimate of drug-likeness (QED) is 0.228. The van der Waals surface area contributed by atoms with E-state index in [4.69, 9.17) is 4.74 Å². The van der Waals surface area contributed by atoms with Crippen molar-refractivity contribution in [1.82, 2.24) is 20.5 Å². The Bertz CT molecular complexity index is 1880. The SMILES string of the molecule is COc1ccc(CCNC(=O)[C@H](Cc2ccccc2)NC(=O)[C@@H]2Cc3c([nH]c4ccccc34)[C@H]3c4ccccc4C(=O)N32)cc1. The lowest BCUT2D eigenvalue weighted by Crippen LogP contribution is -2.57. The lowest BCUT2D eigenvalue weighted by molar-refractivity contribution is -0.132. The van der Waals surface area contributed by atoms with Crippen molar-refractivity contribution in [3.63, 3.8) is 0 Å². The fraction of sp³-hybridized carbons (Fsp3) is 0.216. The fourth-order valence-electron chi connectivity index (χ4n) is 6.71. The number of nitrogens with zero attached hydrogens (tertiary/aromatic N) is 1. The summed E-state index contributed by atoms with van der Waals surface area (Å²) in [6, 6.07) is 30.9. The number of ether oxygens (including phenoxy) is 1. The Hall–Kier alpha value is -5.37. The van der Waals surface area contributed by atoms with Crippen LogP contribution in [-0.4, -0.2) is 53.3 Å². The van der Waals surface area contributed by atoms with Crippen molar-refractivity contribution < 1.29 is 19.1 Å². The van der Waals surface area contributed by atoms with E-state index in [2.05, 4.69) is 15.6 Å². The van der Waals surface area contributed by atoms with Crippen molar-refractivity contribution in [3.05, 3.63) is 137 Å². The molecule has 3 amide bonds. The van der Waals surface area contributed by atoms with Gasteiger partial charge < -0.3 is 25.3 Å². The number of rotatable bonds is 9. The van der Waals surface area contributed by atoms with Gasteiger partial charge in [0.2, 0.25) is 11.8 Å². The van der Waals surface area contributed by atoms with Crippen LogP contribution in [0.1, 0.15) is 44.3 Å². The van der Waals surface area contributed by atoms with Gasteiger partial charge in [-0.05, 0) is 52.9 Å². The van der Waals surface area contributed by atoms with Gasteiger partial charge in [-0.1, -0.05) is 78.9 Å². The van der Waals surface area contributed by atoms with E-state index in [1.54, 1.807) is 12.0 Å². The maximum Gasteiger partial charge on any atom is 0.255 e. The van der Waals surface area contributed by atoms with Gasteiger partial charge in [0.15, 0.2) is 0 Å². The number of fused-ring (bicyclic) bond motifs is 7. The molecule has 8 nitrogen and oxygen atoms in total. The zero-order chi connectivity index (χ0) is 30.9. The predicted molar refractivity (Wildman–Crippen MR) is 172 cm³/mol. The second-order valence-corrected chi connectivity index (χ2v) is 11.6. The van der Waals surface area contributed by atoms with Gasteiger partial charge in [-0.15, -0.1) is 0 Å². The summed E-state index contributed by atoms with van der Waals surface area (Å²) in [6.45, 7) is 0.413.